The third-order valence-electron chi connectivity index (χ3n) is 4.65. The van der Waals surface area contributed by atoms with Crippen molar-refractivity contribution in [2.45, 2.75) is 39.2 Å². The van der Waals surface area contributed by atoms with Gasteiger partial charge in [-0.05, 0) is 76.4 Å². The summed E-state index contributed by atoms with van der Waals surface area (Å²) in [5, 5.41) is 19.5. The van der Waals surface area contributed by atoms with Crippen molar-refractivity contribution in [2.24, 2.45) is 11.3 Å². The number of nitrogens with zero attached hydrogens (tertiary/aromatic N) is 2. The van der Waals surface area contributed by atoms with Gasteiger partial charge in [0.2, 0.25) is 0 Å². The highest BCUT2D eigenvalue weighted by atomic mass is 19.1. The molecule has 1 aromatic carbocycles. The number of piperidine rings is 1. The van der Waals surface area contributed by atoms with E-state index >= 15 is 0 Å². The molecule has 0 amide bonds. The topological polar surface area (TPSA) is 47.3 Å². The van der Waals surface area contributed by atoms with Crippen LogP contribution >= 0.6 is 0 Å². The summed E-state index contributed by atoms with van der Waals surface area (Å²) < 4.78 is 12.9. The van der Waals surface area contributed by atoms with Crippen LogP contribution in [0, 0.1) is 28.5 Å². The molecule has 1 aromatic rings. The van der Waals surface area contributed by atoms with Crippen molar-refractivity contribution in [3.8, 4) is 6.07 Å². The van der Waals surface area contributed by atoms with Crippen molar-refractivity contribution in [1.82, 2.24) is 4.90 Å². The van der Waals surface area contributed by atoms with Crippen LogP contribution in [0.25, 0.3) is 0 Å². The van der Waals surface area contributed by atoms with Crippen LogP contribution in [0.15, 0.2) is 24.3 Å². The lowest BCUT2D eigenvalue weighted by Crippen LogP contribution is -2.37. The van der Waals surface area contributed by atoms with Crippen molar-refractivity contribution in [3.63, 3.8) is 0 Å². The minimum atomic E-state index is -0.515. The van der Waals surface area contributed by atoms with Gasteiger partial charge in [0.15, 0.2) is 0 Å². The van der Waals surface area contributed by atoms with Crippen LogP contribution in [0.5, 0.6) is 0 Å². The number of rotatable bonds is 5. The third-order valence-corrected chi connectivity index (χ3v) is 4.65. The molecule has 1 N–H and O–H groups in total. The zero-order chi connectivity index (χ0) is 16.2. The second-order valence-corrected chi connectivity index (χ2v) is 6.92. The summed E-state index contributed by atoms with van der Waals surface area (Å²) in [5.41, 5.74) is 0.523. The molecule has 1 fully saturated rings. The lowest BCUT2D eigenvalue weighted by atomic mass is 9.86. The molecule has 4 heteroatoms. The van der Waals surface area contributed by atoms with Crippen LogP contribution in [-0.4, -0.2) is 29.6 Å². The number of likely N-dealkylation sites (tertiary alicyclic amines) is 1. The Hall–Kier alpha value is -1.44. The van der Waals surface area contributed by atoms with Gasteiger partial charge in [-0.1, -0.05) is 12.1 Å². The van der Waals surface area contributed by atoms with E-state index in [4.69, 9.17) is 5.26 Å². The van der Waals surface area contributed by atoms with Gasteiger partial charge >= 0.3 is 0 Å². The third kappa shape index (κ3) is 4.53. The highest BCUT2D eigenvalue weighted by Crippen LogP contribution is 2.31. The van der Waals surface area contributed by atoms with Gasteiger partial charge < -0.3 is 10.0 Å². The molecule has 0 spiro atoms. The molecule has 0 saturated carbocycles. The fourth-order valence-electron chi connectivity index (χ4n) is 2.92. The van der Waals surface area contributed by atoms with Crippen LogP contribution in [0.1, 0.15) is 44.8 Å². The summed E-state index contributed by atoms with van der Waals surface area (Å²) in [6.07, 6.45) is 2.23. The molecule has 1 unspecified atom stereocenters. The van der Waals surface area contributed by atoms with E-state index < -0.39 is 6.10 Å². The minimum absolute atomic E-state index is 0.227. The zero-order valence-electron chi connectivity index (χ0n) is 13.4. The minimum Gasteiger partial charge on any atom is -0.388 e. The van der Waals surface area contributed by atoms with E-state index in [1.54, 1.807) is 12.1 Å². The molecule has 1 heterocycles. The summed E-state index contributed by atoms with van der Waals surface area (Å²) in [5.74, 6) is -0.0448. The maximum atomic E-state index is 12.9. The first kappa shape index (κ1) is 16.9. The van der Waals surface area contributed by atoms with Crippen LogP contribution in [-0.2, 0) is 0 Å². The van der Waals surface area contributed by atoms with Gasteiger partial charge in [-0.25, -0.2) is 4.39 Å². The average Bonchev–Trinajstić information content (AvgIpc) is 2.54. The quantitative estimate of drug-likeness (QED) is 0.905. The molecule has 0 radical (unpaired) electrons. The van der Waals surface area contributed by atoms with Gasteiger partial charge in [0, 0.05) is 0 Å². The first-order chi connectivity index (χ1) is 10.4. The largest absolute Gasteiger partial charge is 0.388 e. The summed E-state index contributed by atoms with van der Waals surface area (Å²) in [6, 6.07) is 8.47. The number of aliphatic hydroxyl groups is 1. The first-order valence-electron chi connectivity index (χ1n) is 7.98. The molecule has 1 aliphatic rings. The van der Waals surface area contributed by atoms with E-state index in [1.165, 1.54) is 12.1 Å². The summed E-state index contributed by atoms with van der Waals surface area (Å²) in [6.45, 7) is 6.77. The smallest absolute Gasteiger partial charge is 0.123 e. The number of nitriles is 1. The molecule has 1 saturated heterocycles. The van der Waals surface area contributed by atoms with Crippen molar-refractivity contribution < 1.29 is 9.50 Å². The maximum Gasteiger partial charge on any atom is 0.123 e. The summed E-state index contributed by atoms with van der Waals surface area (Å²) in [4.78, 5) is 2.37. The number of benzene rings is 1. The second-order valence-electron chi connectivity index (χ2n) is 6.92. The molecule has 2 rings (SSSR count). The Balaban J connectivity index is 1.82. The van der Waals surface area contributed by atoms with Crippen molar-refractivity contribution >= 4 is 0 Å². The number of hydrogen-bond donors (Lipinski definition) is 1. The summed E-state index contributed by atoms with van der Waals surface area (Å²) >= 11 is 0. The number of halogens is 1. The molecule has 3 nitrogen and oxygen atoms in total. The van der Waals surface area contributed by atoms with Crippen LogP contribution in [0.4, 0.5) is 4.39 Å². The SMILES string of the molecule is CC(C)(C#N)CCN1CCC(C(O)c2ccc(F)cc2)CC1. The van der Waals surface area contributed by atoms with Crippen molar-refractivity contribution in [2.75, 3.05) is 19.6 Å². The van der Waals surface area contributed by atoms with E-state index in [0.717, 1.165) is 44.5 Å². The number of hydrogen-bond acceptors (Lipinski definition) is 3. The monoisotopic (exact) mass is 304 g/mol. The Morgan fingerprint density at radius 1 is 1.32 bits per heavy atom. The van der Waals surface area contributed by atoms with Gasteiger partial charge in [-0.15, -0.1) is 0 Å². The Kier molecular flexibility index (Phi) is 5.55. The number of aliphatic hydroxyl groups excluding tert-OH is 1. The van der Waals surface area contributed by atoms with Crippen LogP contribution < -0.4 is 0 Å². The standard InChI is InChI=1S/C18H25FN2O/c1-18(2,13-20)9-12-21-10-7-15(8-11-21)17(22)14-3-5-16(19)6-4-14/h3-6,15,17,22H,7-12H2,1-2H3. The van der Waals surface area contributed by atoms with E-state index in [0.29, 0.717) is 0 Å². The Morgan fingerprint density at radius 3 is 2.45 bits per heavy atom. The van der Waals surface area contributed by atoms with E-state index in [2.05, 4.69) is 11.0 Å². The maximum absolute atomic E-state index is 12.9. The Bertz CT molecular complexity index is 513. The highest BCUT2D eigenvalue weighted by Gasteiger charge is 2.27. The fraction of sp³-hybridized carbons (Fsp3) is 0.611. The van der Waals surface area contributed by atoms with Crippen LogP contribution in [0.2, 0.25) is 0 Å². The first-order valence-corrected chi connectivity index (χ1v) is 7.98. The lowest BCUT2D eigenvalue weighted by molar-refractivity contribution is 0.0566. The molecule has 1 aliphatic heterocycles. The van der Waals surface area contributed by atoms with Gasteiger partial charge in [-0.3, -0.25) is 0 Å². The van der Waals surface area contributed by atoms with Crippen LogP contribution in [0.3, 0.4) is 0 Å². The van der Waals surface area contributed by atoms with E-state index in [9.17, 15) is 9.50 Å². The molecular weight excluding hydrogens is 279 g/mol. The van der Waals surface area contributed by atoms with Gasteiger partial charge in [0.25, 0.3) is 0 Å². The van der Waals surface area contributed by atoms with Crippen molar-refractivity contribution in [3.05, 3.63) is 35.6 Å². The van der Waals surface area contributed by atoms with E-state index in [1.807, 2.05) is 13.8 Å². The molecule has 1 atom stereocenters. The Labute approximate surface area is 132 Å². The fourth-order valence-corrected chi connectivity index (χ4v) is 2.92. The molecular formula is C18H25FN2O. The normalized spacial score (nSPS) is 18.9. The molecule has 0 aromatic heterocycles. The van der Waals surface area contributed by atoms with E-state index in [-0.39, 0.29) is 17.2 Å². The molecule has 0 aliphatic carbocycles. The zero-order valence-corrected chi connectivity index (χ0v) is 13.4. The highest BCUT2D eigenvalue weighted by molar-refractivity contribution is 5.19. The van der Waals surface area contributed by atoms with Gasteiger partial charge in [0.05, 0.1) is 17.6 Å². The second kappa shape index (κ2) is 7.21. The molecule has 120 valence electrons. The molecule has 22 heavy (non-hydrogen) atoms. The molecule has 0 bridgehead atoms. The predicted octanol–water partition coefficient (Wildman–Crippen LogP) is 3.51. The summed E-state index contributed by atoms with van der Waals surface area (Å²) in [7, 11) is 0. The van der Waals surface area contributed by atoms with Gasteiger partial charge in [-0.2, -0.15) is 5.26 Å². The van der Waals surface area contributed by atoms with Gasteiger partial charge in [0.1, 0.15) is 5.82 Å². The van der Waals surface area contributed by atoms with Crippen molar-refractivity contribution in [1.29, 1.82) is 5.26 Å². The predicted molar refractivity (Wildman–Crippen MR) is 84.5 cm³/mol. The Morgan fingerprint density at radius 2 is 1.91 bits per heavy atom. The lowest BCUT2D eigenvalue weighted by Gasteiger charge is -2.35. The average molecular weight is 304 g/mol.